The van der Waals surface area contributed by atoms with E-state index >= 15 is 0 Å². The highest BCUT2D eigenvalue weighted by molar-refractivity contribution is 5.93. The van der Waals surface area contributed by atoms with Crippen LogP contribution in [0, 0.1) is 18.8 Å². The highest BCUT2D eigenvalue weighted by Crippen LogP contribution is 2.29. The molecule has 0 radical (unpaired) electrons. The summed E-state index contributed by atoms with van der Waals surface area (Å²) in [4.78, 5) is 27.8. The molecule has 1 aromatic heterocycles. The molecule has 8 heteroatoms. The van der Waals surface area contributed by atoms with Gasteiger partial charge in [0.05, 0.1) is 18.8 Å². The van der Waals surface area contributed by atoms with Crippen LogP contribution in [-0.4, -0.2) is 50.8 Å². The second-order valence-electron chi connectivity index (χ2n) is 10.3. The first-order valence-electron chi connectivity index (χ1n) is 12.7. The van der Waals surface area contributed by atoms with Gasteiger partial charge in [-0.1, -0.05) is 42.0 Å². The maximum Gasteiger partial charge on any atom is 0.276 e. The van der Waals surface area contributed by atoms with Crippen molar-refractivity contribution in [2.24, 2.45) is 11.8 Å². The van der Waals surface area contributed by atoms with E-state index in [1.165, 1.54) is 18.4 Å². The van der Waals surface area contributed by atoms with Gasteiger partial charge in [0, 0.05) is 25.0 Å². The number of aryl methyl sites for hydroxylation is 1. The minimum Gasteiger partial charge on any atom is -0.365 e. The van der Waals surface area contributed by atoms with E-state index in [4.69, 9.17) is 4.74 Å². The molecular weight excluding hydrogens is 430 g/mol. The van der Waals surface area contributed by atoms with Gasteiger partial charge in [-0.3, -0.25) is 9.59 Å². The zero-order valence-electron chi connectivity index (χ0n) is 20.2. The van der Waals surface area contributed by atoms with Crippen LogP contribution in [0.4, 0.5) is 0 Å². The first-order chi connectivity index (χ1) is 16.5. The number of nitrogens with one attached hydrogen (secondary N) is 1. The molecule has 0 unspecified atom stereocenters. The zero-order valence-corrected chi connectivity index (χ0v) is 20.2. The zero-order chi connectivity index (χ0) is 23.7. The summed E-state index contributed by atoms with van der Waals surface area (Å²) in [6.07, 6.45) is 5.82. The summed E-state index contributed by atoms with van der Waals surface area (Å²) in [5, 5.41) is 11.7. The second kappa shape index (κ2) is 9.86. The molecule has 2 aromatic rings. The number of fused-ring (bicyclic) bond motifs is 1. The molecule has 1 N–H and O–H groups in total. The van der Waals surface area contributed by atoms with Gasteiger partial charge in [-0.05, 0) is 56.9 Å². The Kier molecular flexibility index (Phi) is 6.68. The number of nitrogens with zero attached hydrogens (tertiary/aromatic N) is 4. The average Bonchev–Trinajstić information content (AvgIpc) is 3.29. The smallest absolute Gasteiger partial charge is 0.276 e. The molecular formula is C26H35N5O3. The molecule has 2 aliphatic heterocycles. The van der Waals surface area contributed by atoms with E-state index in [-0.39, 0.29) is 23.8 Å². The minimum absolute atomic E-state index is 0.0176. The normalized spacial score (nSPS) is 25.6. The van der Waals surface area contributed by atoms with Crippen LogP contribution in [0.3, 0.4) is 0 Å². The van der Waals surface area contributed by atoms with Crippen LogP contribution in [0.1, 0.15) is 78.9 Å². The molecule has 1 atom stereocenters. The van der Waals surface area contributed by atoms with Gasteiger partial charge in [0.2, 0.25) is 5.91 Å². The number of carbonyl (C=O) groups is 2. The Morgan fingerprint density at radius 1 is 1.03 bits per heavy atom. The summed E-state index contributed by atoms with van der Waals surface area (Å²) in [6, 6.07) is 8.61. The van der Waals surface area contributed by atoms with E-state index in [0.717, 1.165) is 30.0 Å². The summed E-state index contributed by atoms with van der Waals surface area (Å²) in [6.45, 7) is 6.33. The van der Waals surface area contributed by atoms with Gasteiger partial charge in [0.15, 0.2) is 5.69 Å². The highest BCUT2D eigenvalue weighted by Gasteiger charge is 2.33. The van der Waals surface area contributed by atoms with E-state index in [0.29, 0.717) is 50.8 Å². The first-order valence-corrected chi connectivity index (χ1v) is 12.7. The molecule has 0 spiro atoms. The Hall–Kier alpha value is -2.74. The van der Waals surface area contributed by atoms with Crippen molar-refractivity contribution in [3.05, 3.63) is 46.8 Å². The Labute approximate surface area is 201 Å². The lowest BCUT2D eigenvalue weighted by molar-refractivity contribution is -0.127. The molecule has 1 aromatic carbocycles. The lowest BCUT2D eigenvalue weighted by atomic mass is 9.86. The Balaban J connectivity index is 1.15. The van der Waals surface area contributed by atoms with Gasteiger partial charge in [-0.25, -0.2) is 4.68 Å². The monoisotopic (exact) mass is 465 g/mol. The molecule has 8 nitrogen and oxygen atoms in total. The number of likely N-dealkylation sites (tertiary alicyclic amines) is 1. The predicted molar refractivity (Wildman–Crippen MR) is 127 cm³/mol. The van der Waals surface area contributed by atoms with Crippen LogP contribution in [0.5, 0.6) is 0 Å². The van der Waals surface area contributed by atoms with Crippen molar-refractivity contribution in [1.82, 2.24) is 25.2 Å². The molecule has 1 saturated carbocycles. The van der Waals surface area contributed by atoms with Crippen molar-refractivity contribution in [3.63, 3.8) is 0 Å². The molecule has 2 fully saturated rings. The number of hydrogen-bond acceptors (Lipinski definition) is 5. The van der Waals surface area contributed by atoms with E-state index in [9.17, 15) is 9.59 Å². The van der Waals surface area contributed by atoms with E-state index in [1.54, 1.807) is 4.68 Å². The molecule has 182 valence electrons. The number of benzene rings is 1. The van der Waals surface area contributed by atoms with Crippen molar-refractivity contribution in [2.75, 3.05) is 13.1 Å². The van der Waals surface area contributed by atoms with Crippen LogP contribution in [-0.2, 0) is 22.7 Å². The van der Waals surface area contributed by atoms with Gasteiger partial charge in [0.25, 0.3) is 5.91 Å². The molecule has 3 aliphatic rings. The van der Waals surface area contributed by atoms with E-state index < -0.39 is 0 Å². The van der Waals surface area contributed by atoms with Gasteiger partial charge >= 0.3 is 0 Å². The van der Waals surface area contributed by atoms with Crippen LogP contribution in [0.15, 0.2) is 24.3 Å². The van der Waals surface area contributed by atoms with Crippen molar-refractivity contribution in [2.45, 2.75) is 77.7 Å². The molecule has 3 heterocycles. The molecule has 2 amide bonds. The predicted octanol–water partition coefficient (Wildman–Crippen LogP) is 3.41. The van der Waals surface area contributed by atoms with Crippen molar-refractivity contribution < 1.29 is 14.3 Å². The first kappa shape index (κ1) is 23.0. The summed E-state index contributed by atoms with van der Waals surface area (Å²) in [5.41, 5.74) is 3.42. The fraction of sp³-hybridized carbons (Fsp3) is 0.615. The molecule has 1 saturated heterocycles. The number of amides is 2. The summed E-state index contributed by atoms with van der Waals surface area (Å²) < 4.78 is 7.87. The fourth-order valence-corrected chi connectivity index (χ4v) is 5.38. The van der Waals surface area contributed by atoms with Crippen molar-refractivity contribution in [1.29, 1.82) is 0 Å². The van der Waals surface area contributed by atoms with Crippen molar-refractivity contribution in [3.8, 4) is 0 Å². The third-order valence-electron chi connectivity index (χ3n) is 7.76. The number of hydrogen-bond donors (Lipinski definition) is 1. The van der Waals surface area contributed by atoms with Crippen LogP contribution < -0.4 is 5.32 Å². The SMILES string of the molecule is Cc1ccc([C@H]2Cn3nnc(C(=O)N4CCC(C(=O)NC5CCC(C)CC5)CC4)c3CO2)cc1. The summed E-state index contributed by atoms with van der Waals surface area (Å²) >= 11 is 0. The maximum absolute atomic E-state index is 13.2. The molecule has 1 aliphatic carbocycles. The number of aromatic nitrogens is 3. The summed E-state index contributed by atoms with van der Waals surface area (Å²) in [7, 11) is 0. The van der Waals surface area contributed by atoms with Gasteiger partial charge in [-0.2, -0.15) is 0 Å². The highest BCUT2D eigenvalue weighted by atomic mass is 16.5. The van der Waals surface area contributed by atoms with Crippen LogP contribution in [0.2, 0.25) is 0 Å². The average molecular weight is 466 g/mol. The standard InChI is InChI=1S/C26H35N5O3/c1-17-3-7-19(8-4-17)23-15-31-22(16-34-23)24(28-29-31)26(33)30-13-11-20(12-14-30)25(32)27-21-9-5-18(2)6-10-21/h3-4,7-8,18,20-21,23H,5-6,9-16H2,1-2H3,(H,27,32)/t18?,21?,23-/m1/s1. The van der Waals surface area contributed by atoms with Gasteiger partial charge < -0.3 is 15.0 Å². The largest absolute Gasteiger partial charge is 0.365 e. The number of ether oxygens (including phenoxy) is 1. The third kappa shape index (κ3) is 4.87. The summed E-state index contributed by atoms with van der Waals surface area (Å²) in [5.74, 6) is 0.794. The Bertz CT molecular complexity index is 1020. The lowest BCUT2D eigenvalue weighted by Gasteiger charge is -2.33. The van der Waals surface area contributed by atoms with Gasteiger partial charge in [0.1, 0.15) is 6.10 Å². The Morgan fingerprint density at radius 2 is 1.74 bits per heavy atom. The maximum atomic E-state index is 13.2. The minimum atomic E-state index is -0.112. The number of piperidine rings is 1. The molecule has 34 heavy (non-hydrogen) atoms. The third-order valence-corrected chi connectivity index (χ3v) is 7.76. The van der Waals surface area contributed by atoms with E-state index in [1.807, 2.05) is 4.90 Å². The van der Waals surface area contributed by atoms with Gasteiger partial charge in [-0.15, -0.1) is 5.10 Å². The number of carbonyl (C=O) groups excluding carboxylic acids is 2. The second-order valence-corrected chi connectivity index (χ2v) is 10.3. The quantitative estimate of drug-likeness (QED) is 0.748. The topological polar surface area (TPSA) is 89.4 Å². The number of rotatable bonds is 4. The van der Waals surface area contributed by atoms with Crippen LogP contribution in [0.25, 0.3) is 0 Å². The Morgan fingerprint density at radius 3 is 2.44 bits per heavy atom. The van der Waals surface area contributed by atoms with E-state index in [2.05, 4.69) is 53.7 Å². The fourth-order valence-electron chi connectivity index (χ4n) is 5.38. The molecule has 0 bridgehead atoms. The molecule has 5 rings (SSSR count). The van der Waals surface area contributed by atoms with Crippen LogP contribution >= 0.6 is 0 Å². The van der Waals surface area contributed by atoms with Crippen molar-refractivity contribution >= 4 is 11.8 Å². The lowest BCUT2D eigenvalue weighted by Crippen LogP contribution is -2.46.